The lowest BCUT2D eigenvalue weighted by atomic mass is 9.96. The number of aryl methyl sites for hydroxylation is 1. The molecule has 22 heavy (non-hydrogen) atoms. The Morgan fingerprint density at radius 3 is 2.41 bits per heavy atom. The highest BCUT2D eigenvalue weighted by molar-refractivity contribution is 7.10. The lowest BCUT2D eigenvalue weighted by Gasteiger charge is -2.33. The molecule has 0 aliphatic carbocycles. The average molecular weight is 322 g/mol. The summed E-state index contributed by atoms with van der Waals surface area (Å²) in [5, 5.41) is 3.74. The zero-order chi connectivity index (χ0) is 15.5. The summed E-state index contributed by atoms with van der Waals surface area (Å²) >= 11 is 1.31. The van der Waals surface area contributed by atoms with Gasteiger partial charge in [-0.25, -0.2) is 4.79 Å². The molecule has 2 fully saturated rings. The van der Waals surface area contributed by atoms with Crippen molar-refractivity contribution in [2.75, 3.05) is 31.5 Å². The molecule has 0 atom stereocenters. The van der Waals surface area contributed by atoms with Crippen molar-refractivity contribution in [3.05, 3.63) is 11.8 Å². The van der Waals surface area contributed by atoms with E-state index < -0.39 is 0 Å². The summed E-state index contributed by atoms with van der Waals surface area (Å²) in [6, 6.07) is 2.03. The van der Waals surface area contributed by atoms with E-state index in [0.29, 0.717) is 13.1 Å². The monoisotopic (exact) mass is 322 g/mol. The maximum Gasteiger partial charge on any atom is 0.319 e. The van der Waals surface area contributed by atoms with Crippen molar-refractivity contribution in [1.82, 2.24) is 14.2 Å². The minimum absolute atomic E-state index is 0.00923. The van der Waals surface area contributed by atoms with Gasteiger partial charge in [0.25, 0.3) is 0 Å². The summed E-state index contributed by atoms with van der Waals surface area (Å²) in [7, 11) is 0. The number of hydrogen-bond donors (Lipinski definition) is 1. The Bertz CT molecular complexity index is 545. The third-order valence-corrected chi connectivity index (χ3v) is 5.18. The van der Waals surface area contributed by atoms with Crippen molar-refractivity contribution in [3.63, 3.8) is 0 Å². The second-order valence-corrected chi connectivity index (χ2v) is 6.86. The van der Waals surface area contributed by atoms with Crippen LogP contribution in [0.3, 0.4) is 0 Å². The molecule has 3 rings (SSSR count). The van der Waals surface area contributed by atoms with Crippen LogP contribution in [0.4, 0.5) is 9.80 Å². The van der Waals surface area contributed by atoms with Crippen LogP contribution in [0.2, 0.25) is 0 Å². The van der Waals surface area contributed by atoms with Crippen LogP contribution in [0.5, 0.6) is 0 Å². The smallest absolute Gasteiger partial charge is 0.319 e. The normalized spacial score (nSPS) is 19.5. The molecule has 0 bridgehead atoms. The number of nitrogens with zero attached hydrogens (tertiary/aromatic N) is 3. The quantitative estimate of drug-likeness (QED) is 0.909. The third-order valence-electron chi connectivity index (χ3n) is 4.39. The summed E-state index contributed by atoms with van der Waals surface area (Å²) < 4.78 is 4.16. The van der Waals surface area contributed by atoms with Gasteiger partial charge in [0.05, 0.1) is 5.69 Å². The van der Waals surface area contributed by atoms with Gasteiger partial charge in [-0.2, -0.15) is 4.37 Å². The van der Waals surface area contributed by atoms with Crippen molar-refractivity contribution < 1.29 is 9.59 Å². The number of likely N-dealkylation sites (tertiary alicyclic amines) is 2. The number of anilines is 1. The van der Waals surface area contributed by atoms with Gasteiger partial charge in [0.1, 0.15) is 5.00 Å². The van der Waals surface area contributed by atoms with Crippen LogP contribution in [0.15, 0.2) is 6.07 Å². The minimum Gasteiger partial charge on any atom is -0.325 e. The Labute approximate surface area is 134 Å². The molecule has 0 aromatic carbocycles. The van der Waals surface area contributed by atoms with Crippen LogP contribution in [-0.4, -0.2) is 52.3 Å². The van der Waals surface area contributed by atoms with Gasteiger partial charge in [-0.05, 0) is 50.2 Å². The lowest BCUT2D eigenvalue weighted by molar-refractivity contribution is -0.121. The molecule has 1 N–H and O–H groups in total. The fraction of sp³-hybridized carbons (Fsp3) is 0.667. The SMILES string of the molecule is Cc1cc(NC(=O)C2CCN(C(=O)N3CCCC3)CC2)sn1. The molecule has 3 heterocycles. The zero-order valence-corrected chi connectivity index (χ0v) is 13.7. The first kappa shape index (κ1) is 15.3. The van der Waals surface area contributed by atoms with E-state index in [1.165, 1.54) is 11.5 Å². The van der Waals surface area contributed by atoms with Crippen LogP contribution in [0, 0.1) is 12.8 Å². The van der Waals surface area contributed by atoms with E-state index in [-0.39, 0.29) is 17.9 Å². The van der Waals surface area contributed by atoms with Gasteiger partial charge in [0, 0.05) is 32.1 Å². The molecule has 2 aliphatic heterocycles. The van der Waals surface area contributed by atoms with Gasteiger partial charge in [-0.15, -0.1) is 0 Å². The van der Waals surface area contributed by atoms with Crippen LogP contribution in [-0.2, 0) is 4.79 Å². The number of carbonyl (C=O) groups excluding carboxylic acids is 2. The van der Waals surface area contributed by atoms with Crippen LogP contribution in [0.25, 0.3) is 0 Å². The van der Waals surface area contributed by atoms with E-state index in [9.17, 15) is 9.59 Å². The first-order valence-electron chi connectivity index (χ1n) is 7.91. The summed E-state index contributed by atoms with van der Waals surface area (Å²) in [6.07, 6.45) is 3.70. The molecular weight excluding hydrogens is 300 g/mol. The topological polar surface area (TPSA) is 65.5 Å². The number of carbonyl (C=O) groups is 2. The number of hydrogen-bond acceptors (Lipinski definition) is 4. The maximum absolute atomic E-state index is 12.3. The second-order valence-electron chi connectivity index (χ2n) is 6.06. The predicted molar refractivity (Wildman–Crippen MR) is 86.0 cm³/mol. The van der Waals surface area contributed by atoms with Gasteiger partial charge in [0.2, 0.25) is 5.91 Å². The fourth-order valence-corrected chi connectivity index (χ4v) is 3.75. The molecule has 120 valence electrons. The molecule has 2 saturated heterocycles. The van der Waals surface area contributed by atoms with E-state index >= 15 is 0 Å². The summed E-state index contributed by atoms with van der Waals surface area (Å²) in [6.45, 7) is 5.02. The van der Waals surface area contributed by atoms with Crippen molar-refractivity contribution in [2.45, 2.75) is 32.6 Å². The predicted octanol–water partition coefficient (Wildman–Crippen LogP) is 2.32. The highest BCUT2D eigenvalue weighted by atomic mass is 32.1. The number of piperidine rings is 1. The van der Waals surface area contributed by atoms with E-state index in [1.54, 1.807) is 0 Å². The van der Waals surface area contributed by atoms with Gasteiger partial charge in [0.15, 0.2) is 0 Å². The first-order chi connectivity index (χ1) is 10.6. The molecular formula is C15H22N4O2S. The van der Waals surface area contributed by atoms with Crippen molar-refractivity contribution in [1.29, 1.82) is 0 Å². The van der Waals surface area contributed by atoms with Gasteiger partial charge < -0.3 is 15.1 Å². The molecule has 3 amide bonds. The Balaban J connectivity index is 1.48. The van der Waals surface area contributed by atoms with Crippen LogP contribution < -0.4 is 5.32 Å². The summed E-state index contributed by atoms with van der Waals surface area (Å²) in [5.41, 5.74) is 0.923. The largest absolute Gasteiger partial charge is 0.325 e. The Morgan fingerprint density at radius 1 is 1.18 bits per heavy atom. The number of amides is 3. The highest BCUT2D eigenvalue weighted by Gasteiger charge is 2.30. The molecule has 1 aromatic rings. The van der Waals surface area contributed by atoms with E-state index in [1.807, 2.05) is 22.8 Å². The van der Waals surface area contributed by atoms with Crippen molar-refractivity contribution in [2.24, 2.45) is 5.92 Å². The van der Waals surface area contributed by atoms with Crippen molar-refractivity contribution in [3.8, 4) is 0 Å². The molecule has 0 spiro atoms. The lowest BCUT2D eigenvalue weighted by Crippen LogP contribution is -2.47. The fourth-order valence-electron chi connectivity index (χ4n) is 3.09. The van der Waals surface area contributed by atoms with E-state index in [4.69, 9.17) is 0 Å². The van der Waals surface area contributed by atoms with E-state index in [2.05, 4.69) is 9.69 Å². The molecule has 7 heteroatoms. The Morgan fingerprint density at radius 2 is 1.82 bits per heavy atom. The average Bonchev–Trinajstić information content (AvgIpc) is 3.18. The Hall–Kier alpha value is -1.63. The van der Waals surface area contributed by atoms with Crippen LogP contribution >= 0.6 is 11.5 Å². The molecule has 0 unspecified atom stereocenters. The van der Waals surface area contributed by atoms with Gasteiger partial charge >= 0.3 is 6.03 Å². The second kappa shape index (κ2) is 6.64. The maximum atomic E-state index is 12.3. The van der Waals surface area contributed by atoms with Crippen LogP contribution in [0.1, 0.15) is 31.4 Å². The molecule has 0 saturated carbocycles. The minimum atomic E-state index is -0.00923. The summed E-state index contributed by atoms with van der Waals surface area (Å²) in [4.78, 5) is 28.4. The number of urea groups is 1. The number of rotatable bonds is 2. The number of nitrogens with one attached hydrogen (secondary N) is 1. The molecule has 1 aromatic heterocycles. The highest BCUT2D eigenvalue weighted by Crippen LogP contribution is 2.23. The van der Waals surface area contributed by atoms with E-state index in [0.717, 1.165) is 49.5 Å². The molecule has 2 aliphatic rings. The van der Waals surface area contributed by atoms with Gasteiger partial charge in [-0.1, -0.05) is 0 Å². The zero-order valence-electron chi connectivity index (χ0n) is 12.9. The van der Waals surface area contributed by atoms with Gasteiger partial charge in [-0.3, -0.25) is 4.79 Å². The summed E-state index contributed by atoms with van der Waals surface area (Å²) in [5.74, 6) is 0.0435. The molecule has 0 radical (unpaired) electrons. The Kier molecular flexibility index (Phi) is 4.61. The third kappa shape index (κ3) is 3.40. The standard InChI is InChI=1S/C15H22N4O2S/c1-11-10-13(22-17-11)16-14(20)12-4-8-19(9-5-12)15(21)18-6-2-3-7-18/h10,12H,2-9H2,1H3,(H,16,20). The number of aromatic nitrogens is 1. The first-order valence-corrected chi connectivity index (χ1v) is 8.69. The molecule has 6 nitrogen and oxygen atoms in total. The van der Waals surface area contributed by atoms with Crippen molar-refractivity contribution >= 4 is 28.5 Å².